The van der Waals surface area contributed by atoms with Gasteiger partial charge in [-0.2, -0.15) is 4.31 Å². The smallest absolute Gasteiger partial charge is 0.407 e. The number of ether oxygens (including phenoxy) is 4. The Morgan fingerprint density at radius 3 is 2.45 bits per heavy atom. The van der Waals surface area contributed by atoms with Gasteiger partial charge in [-0.05, 0) is 54.3 Å². The highest BCUT2D eigenvalue weighted by Crippen LogP contribution is 2.33. The quantitative estimate of drug-likeness (QED) is 0.261. The second-order valence-corrected chi connectivity index (χ2v) is 13.0. The summed E-state index contributed by atoms with van der Waals surface area (Å²) >= 11 is 0. The Morgan fingerprint density at radius 2 is 1.81 bits per heavy atom. The zero-order valence-corrected chi connectivity index (χ0v) is 24.9. The fourth-order valence-corrected chi connectivity index (χ4v) is 6.86. The van der Waals surface area contributed by atoms with Gasteiger partial charge in [-0.1, -0.05) is 26.0 Å². The van der Waals surface area contributed by atoms with E-state index in [0.29, 0.717) is 24.5 Å². The molecule has 12 nitrogen and oxygen atoms in total. The number of alkyl carbamates (subject to hydrolysis) is 1. The first-order valence-electron chi connectivity index (χ1n) is 14.0. The first kappa shape index (κ1) is 32.0. The Balaban J connectivity index is 1.54. The van der Waals surface area contributed by atoms with Crippen LogP contribution >= 0.6 is 0 Å². The van der Waals surface area contributed by atoms with Crippen molar-refractivity contribution < 1.29 is 42.4 Å². The molecule has 2 saturated heterocycles. The zero-order valence-electron chi connectivity index (χ0n) is 24.1. The molecule has 2 aromatic carbocycles. The predicted molar refractivity (Wildman–Crippen MR) is 154 cm³/mol. The molecular formula is C29H41N3O9S. The van der Waals surface area contributed by atoms with Gasteiger partial charge in [-0.3, -0.25) is 0 Å². The molecule has 42 heavy (non-hydrogen) atoms. The number of nitrogen functional groups attached to an aromatic ring is 1. The average Bonchev–Trinajstić information content (AvgIpc) is 3.34. The summed E-state index contributed by atoms with van der Waals surface area (Å²) in [6, 6.07) is 12.1. The molecule has 4 rings (SSSR count). The molecule has 2 aliphatic rings. The molecule has 6 atom stereocenters. The third kappa shape index (κ3) is 7.91. The summed E-state index contributed by atoms with van der Waals surface area (Å²) < 4.78 is 50.3. The molecule has 1 amide bonds. The Hall–Kier alpha value is -2.94. The van der Waals surface area contributed by atoms with Gasteiger partial charge in [0.1, 0.15) is 11.9 Å². The Labute approximate surface area is 246 Å². The third-order valence-electron chi connectivity index (χ3n) is 7.42. The molecule has 2 heterocycles. The lowest BCUT2D eigenvalue weighted by Gasteiger charge is -2.34. The number of benzene rings is 2. The summed E-state index contributed by atoms with van der Waals surface area (Å²) in [5, 5.41) is 24.5. The first-order valence-corrected chi connectivity index (χ1v) is 15.5. The number of anilines is 1. The lowest BCUT2D eigenvalue weighted by atomic mass is 9.93. The minimum Gasteiger partial charge on any atom is -0.497 e. The number of amides is 1. The molecule has 232 valence electrons. The molecule has 2 fully saturated rings. The molecule has 0 saturated carbocycles. The van der Waals surface area contributed by atoms with Crippen molar-refractivity contribution in [3.05, 3.63) is 54.1 Å². The van der Waals surface area contributed by atoms with Crippen molar-refractivity contribution in [2.45, 2.75) is 62.2 Å². The molecule has 2 aliphatic heterocycles. The van der Waals surface area contributed by atoms with Crippen molar-refractivity contribution in [1.29, 1.82) is 0 Å². The maximum atomic E-state index is 13.6. The van der Waals surface area contributed by atoms with Crippen LogP contribution in [-0.2, 0) is 30.7 Å². The number of fused-ring (bicyclic) bond motifs is 1. The van der Waals surface area contributed by atoms with E-state index in [1.165, 1.54) is 28.6 Å². The van der Waals surface area contributed by atoms with Gasteiger partial charge < -0.3 is 40.2 Å². The molecule has 0 spiro atoms. The first-order chi connectivity index (χ1) is 20.0. The van der Waals surface area contributed by atoms with Crippen LogP contribution in [0.3, 0.4) is 0 Å². The molecule has 5 N–H and O–H groups in total. The number of aliphatic hydroxyl groups is 2. The summed E-state index contributed by atoms with van der Waals surface area (Å²) in [7, 11) is -2.44. The molecular weight excluding hydrogens is 566 g/mol. The standard InChI is InChI=1S/C29H41N3O9S/c1-18(2)15-32(42(36,37)22-10-6-20(30)7-11-22)16-24(33)23(14-19-4-8-21(38-3)9-5-19)31-29(35)41-26-12-13-39-28-27(26)25(34)17-40-28/h4-11,18,23-28,33-34H,12-17,30H2,1-3H3,(H,31,35)/t23-,24+,25-,26-,27-,28-/m0/s1. The van der Waals surface area contributed by atoms with Crippen molar-refractivity contribution in [2.24, 2.45) is 11.8 Å². The van der Waals surface area contributed by atoms with E-state index < -0.39 is 52.7 Å². The lowest BCUT2D eigenvalue weighted by molar-refractivity contribution is -0.183. The van der Waals surface area contributed by atoms with E-state index in [2.05, 4.69) is 5.32 Å². The fraction of sp³-hybridized carbons (Fsp3) is 0.552. The minimum absolute atomic E-state index is 0.0414. The van der Waals surface area contributed by atoms with E-state index >= 15 is 0 Å². The fourth-order valence-electron chi connectivity index (χ4n) is 5.23. The SMILES string of the molecule is COc1ccc(C[C@H](NC(=O)O[C@H]2CCO[C@H]3OC[C@H](O)[C@H]32)[C@H](O)CN(CC(C)C)S(=O)(=O)c2ccc(N)cc2)cc1. The van der Waals surface area contributed by atoms with Gasteiger partial charge in [0.2, 0.25) is 10.0 Å². The average molecular weight is 608 g/mol. The van der Waals surface area contributed by atoms with Gasteiger partial charge in [-0.25, -0.2) is 13.2 Å². The van der Waals surface area contributed by atoms with Gasteiger partial charge in [-0.15, -0.1) is 0 Å². The van der Waals surface area contributed by atoms with Crippen LogP contribution in [0.25, 0.3) is 0 Å². The minimum atomic E-state index is -3.99. The van der Waals surface area contributed by atoms with Gasteiger partial charge in [0, 0.05) is 25.2 Å². The maximum Gasteiger partial charge on any atom is 0.407 e. The van der Waals surface area contributed by atoms with Crippen LogP contribution in [-0.4, -0.2) is 93.1 Å². The van der Waals surface area contributed by atoms with Crippen LogP contribution in [0.2, 0.25) is 0 Å². The Bertz CT molecular complexity index is 1270. The van der Waals surface area contributed by atoms with Gasteiger partial charge in [0.15, 0.2) is 6.29 Å². The maximum absolute atomic E-state index is 13.6. The molecule has 2 aromatic rings. The topological polar surface area (TPSA) is 170 Å². The largest absolute Gasteiger partial charge is 0.497 e. The number of hydrogen-bond donors (Lipinski definition) is 4. The zero-order chi connectivity index (χ0) is 30.4. The van der Waals surface area contributed by atoms with Crippen molar-refractivity contribution in [1.82, 2.24) is 9.62 Å². The predicted octanol–water partition coefficient (Wildman–Crippen LogP) is 1.74. The Morgan fingerprint density at radius 1 is 1.12 bits per heavy atom. The summed E-state index contributed by atoms with van der Waals surface area (Å²) in [6.07, 6.45) is -3.68. The van der Waals surface area contributed by atoms with Gasteiger partial charge in [0.05, 0.1) is 49.4 Å². The number of carbonyl (C=O) groups is 1. The number of rotatable bonds is 12. The van der Waals surface area contributed by atoms with E-state index in [1.54, 1.807) is 31.4 Å². The third-order valence-corrected chi connectivity index (χ3v) is 9.27. The van der Waals surface area contributed by atoms with Crippen LogP contribution < -0.4 is 15.8 Å². The van der Waals surface area contributed by atoms with E-state index in [9.17, 15) is 23.4 Å². The molecule has 0 radical (unpaired) electrons. The van der Waals surface area contributed by atoms with Crippen LogP contribution in [0.5, 0.6) is 5.75 Å². The van der Waals surface area contributed by atoms with E-state index in [0.717, 1.165) is 5.56 Å². The second-order valence-electron chi connectivity index (χ2n) is 11.1. The van der Waals surface area contributed by atoms with Crippen LogP contribution in [0.4, 0.5) is 10.5 Å². The van der Waals surface area contributed by atoms with Crippen LogP contribution in [0, 0.1) is 11.8 Å². The molecule has 0 bridgehead atoms. The monoisotopic (exact) mass is 607 g/mol. The highest BCUT2D eigenvalue weighted by molar-refractivity contribution is 7.89. The van der Waals surface area contributed by atoms with Crippen molar-refractivity contribution in [2.75, 3.05) is 39.1 Å². The van der Waals surface area contributed by atoms with E-state index in [-0.39, 0.29) is 36.9 Å². The van der Waals surface area contributed by atoms with Gasteiger partial charge in [0.25, 0.3) is 0 Å². The summed E-state index contributed by atoms with van der Waals surface area (Å²) in [6.45, 7) is 4.02. The lowest BCUT2D eigenvalue weighted by Crippen LogP contribution is -2.52. The van der Waals surface area contributed by atoms with E-state index in [4.69, 9.17) is 24.7 Å². The second kappa shape index (κ2) is 14.0. The molecule has 13 heteroatoms. The van der Waals surface area contributed by atoms with Crippen LogP contribution in [0.1, 0.15) is 25.8 Å². The number of nitrogens with one attached hydrogen (secondary N) is 1. The van der Waals surface area contributed by atoms with Crippen LogP contribution in [0.15, 0.2) is 53.4 Å². The number of nitrogens with two attached hydrogens (primary N) is 1. The highest BCUT2D eigenvalue weighted by Gasteiger charge is 2.47. The summed E-state index contributed by atoms with van der Waals surface area (Å²) in [5.74, 6) is 0.0774. The van der Waals surface area contributed by atoms with Crippen molar-refractivity contribution >= 4 is 21.8 Å². The molecule has 0 aromatic heterocycles. The normalized spacial score (nSPS) is 23.8. The molecule has 0 unspecified atom stereocenters. The number of nitrogens with zero attached hydrogens (tertiary/aromatic N) is 1. The Kier molecular flexibility index (Phi) is 10.7. The van der Waals surface area contributed by atoms with E-state index in [1.807, 2.05) is 13.8 Å². The summed E-state index contributed by atoms with van der Waals surface area (Å²) in [5.41, 5.74) is 6.96. The van der Waals surface area contributed by atoms with Crippen molar-refractivity contribution in [3.63, 3.8) is 0 Å². The number of aliphatic hydroxyl groups excluding tert-OH is 2. The highest BCUT2D eigenvalue weighted by atomic mass is 32.2. The van der Waals surface area contributed by atoms with Gasteiger partial charge >= 0.3 is 6.09 Å². The number of sulfonamides is 1. The number of methoxy groups -OCH3 is 1. The van der Waals surface area contributed by atoms with Crippen molar-refractivity contribution in [3.8, 4) is 5.75 Å². The number of hydrogen-bond acceptors (Lipinski definition) is 10. The summed E-state index contributed by atoms with van der Waals surface area (Å²) in [4.78, 5) is 13.2. The molecule has 0 aliphatic carbocycles. The number of carbonyl (C=O) groups excluding carboxylic acids is 1.